The topological polar surface area (TPSA) is 67.9 Å². The number of carbonyl (C=O) groups is 2. The first-order valence-electron chi connectivity index (χ1n) is 10.6. The summed E-state index contributed by atoms with van der Waals surface area (Å²) >= 11 is 0. The number of rotatable bonds is 5. The zero-order valence-electron chi connectivity index (χ0n) is 17.8. The predicted octanol–water partition coefficient (Wildman–Crippen LogP) is 3.73. The second-order valence-electron chi connectivity index (χ2n) is 8.95. The van der Waals surface area contributed by atoms with E-state index < -0.39 is 5.60 Å². The summed E-state index contributed by atoms with van der Waals surface area (Å²) in [4.78, 5) is 26.6. The Morgan fingerprint density at radius 3 is 2.33 bits per heavy atom. The second kappa shape index (κ2) is 9.76. The number of nitrogens with one attached hydrogen (secondary N) is 1. The van der Waals surface area contributed by atoms with E-state index in [1.165, 1.54) is 0 Å². The molecule has 2 rings (SSSR count). The number of ether oxygens (including phenoxy) is 2. The molecule has 1 N–H and O–H groups in total. The Morgan fingerprint density at radius 1 is 1.15 bits per heavy atom. The van der Waals surface area contributed by atoms with Crippen LogP contribution in [0.2, 0.25) is 0 Å². The lowest BCUT2D eigenvalue weighted by Gasteiger charge is -2.40. The van der Waals surface area contributed by atoms with Crippen LogP contribution in [-0.4, -0.2) is 54.3 Å². The lowest BCUT2D eigenvalue weighted by Crippen LogP contribution is -2.48. The van der Waals surface area contributed by atoms with E-state index in [0.717, 1.165) is 51.6 Å². The molecular weight excluding hydrogens is 344 g/mol. The van der Waals surface area contributed by atoms with Crippen LogP contribution in [0.3, 0.4) is 0 Å². The van der Waals surface area contributed by atoms with Crippen molar-refractivity contribution < 1.29 is 19.1 Å². The van der Waals surface area contributed by atoms with Gasteiger partial charge in [-0.1, -0.05) is 13.8 Å². The number of carbonyl (C=O) groups excluding carboxylic acids is 2. The van der Waals surface area contributed by atoms with Crippen LogP contribution < -0.4 is 5.32 Å². The average Bonchev–Trinajstić information content (AvgIpc) is 2.61. The van der Waals surface area contributed by atoms with Crippen molar-refractivity contribution in [3.63, 3.8) is 0 Å². The van der Waals surface area contributed by atoms with Crippen LogP contribution in [-0.2, 0) is 14.3 Å². The molecule has 27 heavy (non-hydrogen) atoms. The Balaban J connectivity index is 1.80. The van der Waals surface area contributed by atoms with Crippen molar-refractivity contribution in [1.82, 2.24) is 10.2 Å². The summed E-state index contributed by atoms with van der Waals surface area (Å²) in [5.74, 6) is 0.932. The summed E-state index contributed by atoms with van der Waals surface area (Å²) in [5.41, 5.74) is -0.483. The van der Waals surface area contributed by atoms with Crippen LogP contribution in [0, 0.1) is 11.8 Å². The molecule has 2 atom stereocenters. The standard InChI is InChI=1S/C21H38N2O4/c1-6-15(7-2)19(24)23-11-8-16(9-12-23)18-14-17(10-13-26-18)22-20(25)27-21(3,4)5/h15-18H,6-14H2,1-5H3,(H,22,25). The number of hydrogen-bond donors (Lipinski definition) is 1. The smallest absolute Gasteiger partial charge is 0.407 e. The average molecular weight is 383 g/mol. The first-order valence-corrected chi connectivity index (χ1v) is 10.6. The van der Waals surface area contributed by atoms with E-state index >= 15 is 0 Å². The minimum absolute atomic E-state index is 0.0998. The maximum absolute atomic E-state index is 12.6. The maximum atomic E-state index is 12.6. The molecule has 0 aromatic heterocycles. The van der Waals surface area contributed by atoms with Crippen molar-refractivity contribution >= 4 is 12.0 Å². The molecule has 0 saturated carbocycles. The number of amides is 2. The fourth-order valence-corrected chi connectivity index (χ4v) is 4.15. The Labute approximate surface area is 164 Å². The summed E-state index contributed by atoms with van der Waals surface area (Å²) in [7, 11) is 0. The molecule has 0 aromatic rings. The van der Waals surface area contributed by atoms with Crippen molar-refractivity contribution in [3.05, 3.63) is 0 Å². The van der Waals surface area contributed by atoms with Crippen molar-refractivity contribution in [2.24, 2.45) is 11.8 Å². The Morgan fingerprint density at radius 2 is 1.78 bits per heavy atom. The lowest BCUT2D eigenvalue weighted by molar-refractivity contribution is -0.138. The van der Waals surface area contributed by atoms with Crippen LogP contribution in [0.5, 0.6) is 0 Å². The predicted molar refractivity (Wildman–Crippen MR) is 106 cm³/mol. The lowest BCUT2D eigenvalue weighted by atomic mass is 9.85. The summed E-state index contributed by atoms with van der Waals surface area (Å²) in [6, 6.07) is 0.0998. The van der Waals surface area contributed by atoms with E-state index in [1.54, 1.807) is 0 Å². The molecule has 2 aliphatic rings. The van der Waals surface area contributed by atoms with E-state index in [0.29, 0.717) is 18.4 Å². The molecule has 0 radical (unpaired) electrons. The zero-order valence-corrected chi connectivity index (χ0v) is 17.8. The van der Waals surface area contributed by atoms with Crippen LogP contribution in [0.25, 0.3) is 0 Å². The third-order valence-corrected chi connectivity index (χ3v) is 5.75. The molecule has 6 nitrogen and oxygen atoms in total. The molecule has 2 heterocycles. The summed E-state index contributed by atoms with van der Waals surface area (Å²) in [5, 5.41) is 3.00. The van der Waals surface area contributed by atoms with Crippen molar-refractivity contribution in [1.29, 1.82) is 0 Å². The molecule has 2 amide bonds. The van der Waals surface area contributed by atoms with Crippen LogP contribution >= 0.6 is 0 Å². The highest BCUT2D eigenvalue weighted by Crippen LogP contribution is 2.30. The van der Waals surface area contributed by atoms with Gasteiger partial charge in [-0.25, -0.2) is 4.79 Å². The van der Waals surface area contributed by atoms with Gasteiger partial charge in [0.25, 0.3) is 0 Å². The van der Waals surface area contributed by atoms with Crippen molar-refractivity contribution in [2.75, 3.05) is 19.7 Å². The fourth-order valence-electron chi connectivity index (χ4n) is 4.15. The molecule has 0 aliphatic carbocycles. The van der Waals surface area contributed by atoms with Gasteiger partial charge in [-0.15, -0.1) is 0 Å². The number of nitrogens with zero attached hydrogens (tertiary/aromatic N) is 1. The molecule has 0 bridgehead atoms. The molecule has 2 unspecified atom stereocenters. The van der Waals surface area contributed by atoms with Gasteiger partial charge in [-0.2, -0.15) is 0 Å². The van der Waals surface area contributed by atoms with Crippen LogP contribution in [0.4, 0.5) is 4.79 Å². The molecule has 2 aliphatic heterocycles. The Hall–Kier alpha value is -1.30. The van der Waals surface area contributed by atoms with Gasteiger partial charge in [0, 0.05) is 31.7 Å². The largest absolute Gasteiger partial charge is 0.444 e. The molecular formula is C21H38N2O4. The van der Waals surface area contributed by atoms with Crippen LogP contribution in [0.1, 0.15) is 73.1 Å². The summed E-state index contributed by atoms with van der Waals surface area (Å²) < 4.78 is 11.4. The Bertz CT molecular complexity index is 491. The van der Waals surface area contributed by atoms with E-state index in [2.05, 4.69) is 19.2 Å². The van der Waals surface area contributed by atoms with E-state index in [-0.39, 0.29) is 24.2 Å². The van der Waals surface area contributed by atoms with Gasteiger partial charge < -0.3 is 19.7 Å². The van der Waals surface area contributed by atoms with E-state index in [4.69, 9.17) is 9.47 Å². The number of likely N-dealkylation sites (tertiary alicyclic amines) is 1. The minimum atomic E-state index is -0.483. The summed E-state index contributed by atoms with van der Waals surface area (Å²) in [6.07, 6.45) is 5.25. The van der Waals surface area contributed by atoms with Gasteiger partial charge in [0.15, 0.2) is 0 Å². The third-order valence-electron chi connectivity index (χ3n) is 5.75. The van der Waals surface area contributed by atoms with E-state index in [9.17, 15) is 9.59 Å². The van der Waals surface area contributed by atoms with Gasteiger partial charge in [0.2, 0.25) is 5.91 Å². The third kappa shape index (κ3) is 6.66. The monoisotopic (exact) mass is 382 g/mol. The van der Waals surface area contributed by atoms with Gasteiger partial charge in [0.1, 0.15) is 5.60 Å². The Kier molecular flexibility index (Phi) is 7.95. The number of piperidine rings is 1. The van der Waals surface area contributed by atoms with Gasteiger partial charge >= 0.3 is 6.09 Å². The normalized spacial score (nSPS) is 24.7. The summed E-state index contributed by atoms with van der Waals surface area (Å²) in [6.45, 7) is 12.1. The van der Waals surface area contributed by atoms with E-state index in [1.807, 2.05) is 25.7 Å². The molecule has 0 aromatic carbocycles. The molecule has 2 fully saturated rings. The highest BCUT2D eigenvalue weighted by atomic mass is 16.6. The van der Waals surface area contributed by atoms with Crippen LogP contribution in [0.15, 0.2) is 0 Å². The zero-order chi connectivity index (χ0) is 20.0. The molecule has 0 spiro atoms. The highest BCUT2D eigenvalue weighted by molar-refractivity contribution is 5.78. The number of hydrogen-bond acceptors (Lipinski definition) is 4. The SMILES string of the molecule is CCC(CC)C(=O)N1CCC(C2CC(NC(=O)OC(C)(C)C)CCO2)CC1. The number of alkyl carbamates (subject to hydrolysis) is 1. The first-order chi connectivity index (χ1) is 12.7. The highest BCUT2D eigenvalue weighted by Gasteiger charge is 2.34. The van der Waals surface area contributed by atoms with Crippen molar-refractivity contribution in [2.45, 2.75) is 90.9 Å². The fraction of sp³-hybridized carbons (Fsp3) is 0.905. The first kappa shape index (κ1) is 22.0. The van der Waals surface area contributed by atoms with Gasteiger partial charge in [-0.05, 0) is 65.2 Å². The maximum Gasteiger partial charge on any atom is 0.407 e. The minimum Gasteiger partial charge on any atom is -0.444 e. The van der Waals surface area contributed by atoms with Crippen molar-refractivity contribution in [3.8, 4) is 0 Å². The second-order valence-corrected chi connectivity index (χ2v) is 8.95. The molecule has 6 heteroatoms. The van der Waals surface area contributed by atoms with Gasteiger partial charge in [0.05, 0.1) is 6.10 Å². The molecule has 156 valence electrons. The molecule has 2 saturated heterocycles. The quantitative estimate of drug-likeness (QED) is 0.787. The van der Waals surface area contributed by atoms with Gasteiger partial charge in [-0.3, -0.25) is 4.79 Å².